The number of hydrogen-bond acceptors (Lipinski definition) is 3. The van der Waals surface area contributed by atoms with Gasteiger partial charge in [0.15, 0.2) is 0 Å². The van der Waals surface area contributed by atoms with E-state index in [1.165, 1.54) is 25.9 Å². The first-order valence-electron chi connectivity index (χ1n) is 7.53. The van der Waals surface area contributed by atoms with E-state index in [-0.39, 0.29) is 5.91 Å². The largest absolute Gasteiger partial charge is 0.398 e. The van der Waals surface area contributed by atoms with Crippen LogP contribution in [0.3, 0.4) is 0 Å². The van der Waals surface area contributed by atoms with E-state index in [2.05, 4.69) is 33.1 Å². The second kappa shape index (κ2) is 7.27. The second-order valence-corrected chi connectivity index (χ2v) is 6.91. The Kier molecular flexibility index (Phi) is 5.65. The fourth-order valence-electron chi connectivity index (χ4n) is 2.77. The monoisotopic (exact) mass is 353 g/mol. The summed E-state index contributed by atoms with van der Waals surface area (Å²) in [5, 5.41) is 3.03. The number of nitrogens with two attached hydrogens (primary N) is 1. The molecular formula is C16H24BrN3O. The number of halogens is 1. The fourth-order valence-corrected chi connectivity index (χ4v) is 3.24. The van der Waals surface area contributed by atoms with Gasteiger partial charge in [-0.2, -0.15) is 0 Å². The van der Waals surface area contributed by atoms with E-state index in [0.717, 1.165) is 16.6 Å². The van der Waals surface area contributed by atoms with Crippen molar-refractivity contribution in [2.45, 2.75) is 26.7 Å². The Hall–Kier alpha value is -1.07. The van der Waals surface area contributed by atoms with Crippen LogP contribution in [0.4, 0.5) is 5.69 Å². The number of nitrogen functional groups attached to an aromatic ring is 1. The predicted molar refractivity (Wildman–Crippen MR) is 90.5 cm³/mol. The van der Waals surface area contributed by atoms with Gasteiger partial charge in [-0.25, -0.2) is 0 Å². The lowest BCUT2D eigenvalue weighted by atomic mass is 10.1. The van der Waals surface area contributed by atoms with Crippen molar-refractivity contribution in [3.8, 4) is 0 Å². The molecule has 1 saturated heterocycles. The van der Waals surface area contributed by atoms with Crippen molar-refractivity contribution in [2.75, 3.05) is 31.9 Å². The van der Waals surface area contributed by atoms with Crippen molar-refractivity contribution in [1.29, 1.82) is 0 Å². The van der Waals surface area contributed by atoms with E-state index in [4.69, 9.17) is 5.73 Å². The summed E-state index contributed by atoms with van der Waals surface area (Å²) in [6.45, 7) is 8.20. The van der Waals surface area contributed by atoms with Gasteiger partial charge in [0.25, 0.3) is 5.91 Å². The summed E-state index contributed by atoms with van der Waals surface area (Å²) in [4.78, 5) is 14.8. The third-order valence-electron chi connectivity index (χ3n) is 4.04. The topological polar surface area (TPSA) is 58.4 Å². The molecule has 0 bridgehead atoms. The van der Waals surface area contributed by atoms with Gasteiger partial charge < -0.3 is 16.0 Å². The van der Waals surface area contributed by atoms with Crippen LogP contribution in [0.15, 0.2) is 16.6 Å². The van der Waals surface area contributed by atoms with Gasteiger partial charge in [0.1, 0.15) is 0 Å². The lowest BCUT2D eigenvalue weighted by Gasteiger charge is -2.20. The molecule has 1 aliphatic rings. The zero-order valence-corrected chi connectivity index (χ0v) is 14.4. The second-order valence-electron chi connectivity index (χ2n) is 5.99. The molecule has 1 aromatic rings. The molecule has 4 nitrogen and oxygen atoms in total. The third kappa shape index (κ3) is 4.45. The van der Waals surface area contributed by atoms with Crippen LogP contribution in [0, 0.1) is 12.8 Å². The van der Waals surface area contributed by atoms with Crippen LogP contribution in [-0.2, 0) is 0 Å². The van der Waals surface area contributed by atoms with Gasteiger partial charge in [-0.3, -0.25) is 4.79 Å². The molecule has 0 aromatic heterocycles. The predicted octanol–water partition coefficient (Wildman–Crippen LogP) is 2.80. The van der Waals surface area contributed by atoms with E-state index in [9.17, 15) is 4.79 Å². The van der Waals surface area contributed by atoms with Crippen LogP contribution in [0.2, 0.25) is 0 Å². The SMILES string of the molecule is Cc1c(N)cc(Br)cc1C(=O)NCC(C)CN1CCCC1. The summed E-state index contributed by atoms with van der Waals surface area (Å²) < 4.78 is 0.834. The first-order chi connectivity index (χ1) is 9.97. The highest BCUT2D eigenvalue weighted by Gasteiger charge is 2.16. The van der Waals surface area contributed by atoms with Gasteiger partial charge in [-0.15, -0.1) is 0 Å². The normalized spacial score (nSPS) is 16.9. The standard InChI is InChI=1S/C16H24BrN3O/c1-11(10-20-5-3-4-6-20)9-19-16(21)14-7-13(17)8-15(18)12(14)2/h7-8,11H,3-6,9-10,18H2,1-2H3,(H,19,21). The quantitative estimate of drug-likeness (QED) is 0.800. The highest BCUT2D eigenvalue weighted by atomic mass is 79.9. The number of likely N-dealkylation sites (tertiary alicyclic amines) is 1. The molecule has 2 rings (SSSR count). The minimum Gasteiger partial charge on any atom is -0.398 e. The van der Waals surface area contributed by atoms with Crippen molar-refractivity contribution < 1.29 is 4.79 Å². The first kappa shape index (κ1) is 16.3. The highest BCUT2D eigenvalue weighted by Crippen LogP contribution is 2.22. The highest BCUT2D eigenvalue weighted by molar-refractivity contribution is 9.10. The summed E-state index contributed by atoms with van der Waals surface area (Å²) in [7, 11) is 0. The number of carbonyl (C=O) groups excluding carboxylic acids is 1. The summed E-state index contributed by atoms with van der Waals surface area (Å²) in [5.74, 6) is 0.408. The van der Waals surface area contributed by atoms with Crippen LogP contribution in [0.5, 0.6) is 0 Å². The Morgan fingerprint density at radius 3 is 2.76 bits per heavy atom. The van der Waals surface area contributed by atoms with E-state index in [0.29, 0.717) is 23.7 Å². The van der Waals surface area contributed by atoms with Crippen LogP contribution < -0.4 is 11.1 Å². The maximum Gasteiger partial charge on any atom is 0.251 e. The van der Waals surface area contributed by atoms with Gasteiger partial charge in [-0.05, 0) is 56.5 Å². The molecule has 1 aliphatic heterocycles. The minimum atomic E-state index is -0.0474. The number of rotatable bonds is 5. The Labute approximate surface area is 135 Å². The van der Waals surface area contributed by atoms with Crippen molar-refractivity contribution in [2.24, 2.45) is 5.92 Å². The summed E-state index contributed by atoms with van der Waals surface area (Å²) in [5.41, 5.74) is 8.03. The zero-order valence-electron chi connectivity index (χ0n) is 12.8. The zero-order chi connectivity index (χ0) is 15.4. The maximum atomic E-state index is 12.3. The van der Waals surface area contributed by atoms with Crippen molar-refractivity contribution >= 4 is 27.5 Å². The number of anilines is 1. The molecule has 5 heteroatoms. The molecule has 0 aliphatic carbocycles. The molecule has 1 heterocycles. The van der Waals surface area contributed by atoms with Crippen LogP contribution in [-0.4, -0.2) is 37.0 Å². The minimum absolute atomic E-state index is 0.0474. The van der Waals surface area contributed by atoms with E-state index in [1.54, 1.807) is 0 Å². The molecule has 21 heavy (non-hydrogen) atoms. The summed E-state index contributed by atoms with van der Waals surface area (Å²) >= 11 is 3.39. The molecule has 0 saturated carbocycles. The molecule has 116 valence electrons. The Morgan fingerprint density at radius 2 is 2.10 bits per heavy atom. The van der Waals surface area contributed by atoms with Crippen molar-refractivity contribution in [1.82, 2.24) is 10.2 Å². The van der Waals surface area contributed by atoms with Crippen molar-refractivity contribution in [3.63, 3.8) is 0 Å². The summed E-state index contributed by atoms with van der Waals surface area (Å²) in [6, 6.07) is 3.65. The lowest BCUT2D eigenvalue weighted by molar-refractivity contribution is 0.0944. The molecule has 1 amide bonds. The molecule has 1 atom stereocenters. The Balaban J connectivity index is 1.89. The number of nitrogens with zero attached hydrogens (tertiary/aromatic N) is 1. The van der Waals surface area contributed by atoms with Gasteiger partial charge >= 0.3 is 0 Å². The first-order valence-corrected chi connectivity index (χ1v) is 8.33. The van der Waals surface area contributed by atoms with Crippen molar-refractivity contribution in [3.05, 3.63) is 27.7 Å². The lowest BCUT2D eigenvalue weighted by Crippen LogP contribution is -2.34. The average molecular weight is 354 g/mol. The molecule has 0 radical (unpaired) electrons. The van der Waals surface area contributed by atoms with Crippen LogP contribution in [0.25, 0.3) is 0 Å². The third-order valence-corrected chi connectivity index (χ3v) is 4.49. The number of carbonyl (C=O) groups is 1. The molecule has 1 aromatic carbocycles. The molecule has 3 N–H and O–H groups in total. The Bertz CT molecular complexity index is 512. The molecule has 0 spiro atoms. The number of amides is 1. The van der Waals surface area contributed by atoms with Gasteiger partial charge in [0, 0.05) is 28.8 Å². The van der Waals surface area contributed by atoms with Gasteiger partial charge in [0.2, 0.25) is 0 Å². The van der Waals surface area contributed by atoms with E-state index in [1.807, 2.05) is 19.1 Å². The number of nitrogens with one attached hydrogen (secondary N) is 1. The van der Waals surface area contributed by atoms with Crippen LogP contribution in [0.1, 0.15) is 35.7 Å². The Morgan fingerprint density at radius 1 is 1.43 bits per heavy atom. The number of hydrogen-bond donors (Lipinski definition) is 2. The van der Waals surface area contributed by atoms with E-state index < -0.39 is 0 Å². The molecule has 1 fully saturated rings. The van der Waals surface area contributed by atoms with Gasteiger partial charge in [0.05, 0.1) is 0 Å². The van der Waals surface area contributed by atoms with Crippen LogP contribution >= 0.6 is 15.9 Å². The fraction of sp³-hybridized carbons (Fsp3) is 0.562. The summed E-state index contributed by atoms with van der Waals surface area (Å²) in [6.07, 6.45) is 2.60. The molecule has 1 unspecified atom stereocenters. The molecular weight excluding hydrogens is 330 g/mol. The average Bonchev–Trinajstić information content (AvgIpc) is 2.93. The smallest absolute Gasteiger partial charge is 0.251 e. The maximum absolute atomic E-state index is 12.3. The van der Waals surface area contributed by atoms with Gasteiger partial charge in [-0.1, -0.05) is 22.9 Å². The number of benzene rings is 1. The van der Waals surface area contributed by atoms with E-state index >= 15 is 0 Å².